The van der Waals surface area contributed by atoms with Crippen LogP contribution in [0.2, 0.25) is 5.02 Å². The zero-order chi connectivity index (χ0) is 14.9. The molecule has 0 amide bonds. The molecule has 4 nitrogen and oxygen atoms in total. The summed E-state index contributed by atoms with van der Waals surface area (Å²) in [7, 11) is 0. The van der Waals surface area contributed by atoms with Crippen LogP contribution >= 0.6 is 11.6 Å². The summed E-state index contributed by atoms with van der Waals surface area (Å²) in [6.45, 7) is 7.85. The van der Waals surface area contributed by atoms with Crippen LogP contribution in [0, 0.1) is 5.41 Å². The second-order valence-electron chi connectivity index (χ2n) is 6.51. The monoisotopic (exact) mass is 311 g/mol. The van der Waals surface area contributed by atoms with Crippen LogP contribution in [0.15, 0.2) is 0 Å². The lowest BCUT2D eigenvalue weighted by atomic mass is 9.82. The average molecular weight is 312 g/mol. The quantitative estimate of drug-likeness (QED) is 0.841. The van der Waals surface area contributed by atoms with E-state index in [1.54, 1.807) is 0 Å². The lowest BCUT2D eigenvalue weighted by molar-refractivity contribution is 0.147. The number of hydrogen-bond donors (Lipinski definition) is 1. The highest BCUT2D eigenvalue weighted by molar-refractivity contribution is 6.31. The summed E-state index contributed by atoms with van der Waals surface area (Å²) in [6, 6.07) is 0.736. The molecule has 21 heavy (non-hydrogen) atoms. The van der Waals surface area contributed by atoms with E-state index in [2.05, 4.69) is 28.9 Å². The molecule has 1 atom stereocenters. The van der Waals surface area contributed by atoms with Gasteiger partial charge in [-0.1, -0.05) is 18.5 Å². The zero-order valence-corrected chi connectivity index (χ0v) is 13.9. The number of hydrogen-bond acceptors (Lipinski definition) is 3. The third kappa shape index (κ3) is 3.27. The molecular formula is C16H26ClN3O. The van der Waals surface area contributed by atoms with Crippen molar-refractivity contribution in [2.75, 3.05) is 19.8 Å². The molecule has 2 heterocycles. The van der Waals surface area contributed by atoms with Gasteiger partial charge in [0.2, 0.25) is 0 Å². The van der Waals surface area contributed by atoms with E-state index in [1.807, 2.05) is 0 Å². The number of aromatic nitrogens is 2. The van der Waals surface area contributed by atoms with Crippen molar-refractivity contribution >= 4 is 11.6 Å². The summed E-state index contributed by atoms with van der Waals surface area (Å²) in [5, 5.41) is 9.21. The van der Waals surface area contributed by atoms with E-state index in [0.717, 1.165) is 62.3 Å². The number of halogens is 1. The molecule has 2 fully saturated rings. The molecule has 1 unspecified atom stereocenters. The van der Waals surface area contributed by atoms with E-state index in [1.165, 1.54) is 18.5 Å². The summed E-state index contributed by atoms with van der Waals surface area (Å²) in [6.07, 6.45) is 5.61. The lowest BCUT2D eigenvalue weighted by Crippen LogP contribution is -2.38. The largest absolute Gasteiger partial charge is 0.381 e. The first-order chi connectivity index (χ1) is 10.2. The molecule has 1 aromatic heterocycles. The molecule has 0 aromatic carbocycles. The Kier molecular flexibility index (Phi) is 4.57. The predicted molar refractivity (Wildman–Crippen MR) is 84.9 cm³/mol. The molecule has 1 aromatic rings. The molecule has 0 spiro atoms. The molecular weight excluding hydrogens is 286 g/mol. The number of aryl methyl sites for hydroxylation is 2. The van der Waals surface area contributed by atoms with Crippen molar-refractivity contribution in [1.82, 2.24) is 15.1 Å². The molecule has 1 N–H and O–H groups in total. The SMILES string of the molecule is CCc1nn(CC)c(CC2(CNC3CC3)CCOC2)c1Cl. The Morgan fingerprint density at radius 1 is 1.43 bits per heavy atom. The summed E-state index contributed by atoms with van der Waals surface area (Å²) in [5.41, 5.74) is 2.40. The Balaban J connectivity index is 1.79. The van der Waals surface area contributed by atoms with Crippen molar-refractivity contribution in [3.63, 3.8) is 0 Å². The summed E-state index contributed by atoms with van der Waals surface area (Å²) < 4.78 is 7.80. The third-order valence-electron chi connectivity index (χ3n) is 4.76. The van der Waals surface area contributed by atoms with E-state index in [0.29, 0.717) is 0 Å². The van der Waals surface area contributed by atoms with Crippen LogP contribution in [0.4, 0.5) is 0 Å². The Hall–Kier alpha value is -0.580. The topological polar surface area (TPSA) is 39.1 Å². The van der Waals surface area contributed by atoms with E-state index in [-0.39, 0.29) is 5.41 Å². The van der Waals surface area contributed by atoms with Crippen LogP contribution in [0.3, 0.4) is 0 Å². The maximum absolute atomic E-state index is 6.58. The van der Waals surface area contributed by atoms with E-state index >= 15 is 0 Å². The molecule has 3 rings (SSSR count). The van der Waals surface area contributed by atoms with Gasteiger partial charge in [0.15, 0.2) is 0 Å². The molecule has 0 radical (unpaired) electrons. The number of rotatable bonds is 7. The molecule has 5 heteroatoms. The van der Waals surface area contributed by atoms with E-state index in [9.17, 15) is 0 Å². The van der Waals surface area contributed by atoms with Gasteiger partial charge in [0, 0.05) is 31.2 Å². The fourth-order valence-electron chi connectivity index (χ4n) is 3.18. The Bertz CT molecular complexity index is 490. The van der Waals surface area contributed by atoms with Crippen LogP contribution in [-0.4, -0.2) is 35.6 Å². The highest BCUT2D eigenvalue weighted by Crippen LogP contribution is 2.36. The third-order valence-corrected chi connectivity index (χ3v) is 5.20. The summed E-state index contributed by atoms with van der Waals surface area (Å²) in [5.74, 6) is 0. The van der Waals surface area contributed by atoms with Crippen molar-refractivity contribution < 1.29 is 4.74 Å². The summed E-state index contributed by atoms with van der Waals surface area (Å²) in [4.78, 5) is 0. The maximum Gasteiger partial charge on any atom is 0.0850 e. The van der Waals surface area contributed by atoms with Gasteiger partial charge in [-0.05, 0) is 39.0 Å². The molecule has 118 valence electrons. The van der Waals surface area contributed by atoms with Gasteiger partial charge in [0.1, 0.15) is 0 Å². The van der Waals surface area contributed by atoms with Crippen LogP contribution in [0.1, 0.15) is 44.5 Å². The average Bonchev–Trinajstić information content (AvgIpc) is 3.14. The first-order valence-corrected chi connectivity index (χ1v) is 8.60. The number of nitrogens with one attached hydrogen (secondary N) is 1. The van der Waals surface area contributed by atoms with Gasteiger partial charge in [-0.15, -0.1) is 0 Å². The fraction of sp³-hybridized carbons (Fsp3) is 0.812. The molecule has 2 aliphatic rings. The van der Waals surface area contributed by atoms with Crippen molar-refractivity contribution in [2.24, 2.45) is 5.41 Å². The van der Waals surface area contributed by atoms with Crippen molar-refractivity contribution in [3.05, 3.63) is 16.4 Å². The molecule has 1 aliphatic carbocycles. The first-order valence-electron chi connectivity index (χ1n) is 8.22. The maximum atomic E-state index is 6.58. The second-order valence-corrected chi connectivity index (χ2v) is 6.89. The molecule has 1 saturated heterocycles. The zero-order valence-electron chi connectivity index (χ0n) is 13.1. The van der Waals surface area contributed by atoms with Gasteiger partial charge in [-0.2, -0.15) is 5.10 Å². The minimum atomic E-state index is 0.185. The van der Waals surface area contributed by atoms with E-state index < -0.39 is 0 Å². The van der Waals surface area contributed by atoms with Crippen LogP contribution in [0.5, 0.6) is 0 Å². The van der Waals surface area contributed by atoms with Gasteiger partial charge < -0.3 is 10.1 Å². The number of nitrogens with zero attached hydrogens (tertiary/aromatic N) is 2. The Labute approximate surface area is 132 Å². The second kappa shape index (κ2) is 6.27. The smallest absolute Gasteiger partial charge is 0.0850 e. The first kappa shape index (κ1) is 15.3. The molecule has 0 bridgehead atoms. The Morgan fingerprint density at radius 3 is 2.81 bits per heavy atom. The summed E-state index contributed by atoms with van der Waals surface area (Å²) >= 11 is 6.58. The van der Waals surface area contributed by atoms with Gasteiger partial charge in [0.25, 0.3) is 0 Å². The fourth-order valence-corrected chi connectivity index (χ4v) is 3.52. The van der Waals surface area contributed by atoms with Crippen molar-refractivity contribution in [2.45, 2.75) is 58.5 Å². The van der Waals surface area contributed by atoms with Crippen LogP contribution in [0.25, 0.3) is 0 Å². The van der Waals surface area contributed by atoms with Crippen LogP contribution < -0.4 is 5.32 Å². The Morgan fingerprint density at radius 2 is 2.24 bits per heavy atom. The van der Waals surface area contributed by atoms with Gasteiger partial charge in [-0.3, -0.25) is 4.68 Å². The standard InChI is InChI=1S/C16H26ClN3O/c1-3-13-15(17)14(20(4-2)19-13)9-16(7-8-21-11-16)10-18-12-5-6-12/h12,18H,3-11H2,1-2H3. The predicted octanol–water partition coefficient (Wildman–Crippen LogP) is 2.82. The van der Waals surface area contributed by atoms with Crippen molar-refractivity contribution in [3.8, 4) is 0 Å². The van der Waals surface area contributed by atoms with Crippen molar-refractivity contribution in [1.29, 1.82) is 0 Å². The normalized spacial score (nSPS) is 25.7. The van der Waals surface area contributed by atoms with E-state index in [4.69, 9.17) is 16.3 Å². The van der Waals surface area contributed by atoms with Gasteiger partial charge in [0.05, 0.1) is 23.0 Å². The van der Waals surface area contributed by atoms with Crippen LogP contribution in [-0.2, 0) is 24.1 Å². The highest BCUT2D eigenvalue weighted by Gasteiger charge is 2.38. The van der Waals surface area contributed by atoms with Gasteiger partial charge in [-0.25, -0.2) is 0 Å². The van der Waals surface area contributed by atoms with Gasteiger partial charge >= 0.3 is 0 Å². The highest BCUT2D eigenvalue weighted by atomic mass is 35.5. The molecule has 1 saturated carbocycles. The minimum Gasteiger partial charge on any atom is -0.381 e. The minimum absolute atomic E-state index is 0.185. The lowest BCUT2D eigenvalue weighted by Gasteiger charge is -2.28. The number of ether oxygens (including phenoxy) is 1. The molecule has 1 aliphatic heterocycles.